The second kappa shape index (κ2) is 10.1. The molecule has 0 saturated heterocycles. The van der Waals surface area contributed by atoms with E-state index in [0.29, 0.717) is 27.3 Å². The number of rotatable bonds is 7. The van der Waals surface area contributed by atoms with Crippen LogP contribution in [0.25, 0.3) is 0 Å². The smallest absolute Gasteiger partial charge is 0.337 e. The summed E-state index contributed by atoms with van der Waals surface area (Å²) in [6.07, 6.45) is 1.32. The molecule has 0 aliphatic carbocycles. The highest BCUT2D eigenvalue weighted by molar-refractivity contribution is 7.11. The summed E-state index contributed by atoms with van der Waals surface area (Å²) in [6, 6.07) is 13.3. The van der Waals surface area contributed by atoms with Gasteiger partial charge >= 0.3 is 10.8 Å². The molecule has 0 unspecified atom stereocenters. The zero-order chi connectivity index (χ0) is 22.4. The standard InChI is InChI=1S/C21H18ClN3O5S/c1-29-16-8-6-14(7-9-16)19(26)24-23-11-17-18(22)25(21(28)31-17)12-13-4-3-5-15(10-13)20(27)30-2/h3-11H,12H2,1-2H3,(H,24,26). The Morgan fingerprint density at radius 3 is 2.58 bits per heavy atom. The SMILES string of the molecule is COC(=O)c1cccc(Cn2c(Cl)c(C=NNC(=O)c3ccc(OC)cc3)sc2=O)c1. The zero-order valence-electron chi connectivity index (χ0n) is 16.6. The van der Waals surface area contributed by atoms with Crippen LogP contribution in [0.2, 0.25) is 5.15 Å². The molecule has 10 heteroatoms. The first-order valence-electron chi connectivity index (χ1n) is 8.96. The minimum absolute atomic E-state index is 0.172. The van der Waals surface area contributed by atoms with Crippen molar-refractivity contribution in [3.8, 4) is 5.75 Å². The molecule has 0 radical (unpaired) electrons. The Morgan fingerprint density at radius 1 is 1.16 bits per heavy atom. The van der Waals surface area contributed by atoms with Crippen molar-refractivity contribution in [2.24, 2.45) is 5.10 Å². The van der Waals surface area contributed by atoms with Gasteiger partial charge in [-0.05, 0) is 42.0 Å². The number of methoxy groups -OCH3 is 2. The van der Waals surface area contributed by atoms with Crippen LogP contribution in [0.3, 0.4) is 0 Å². The number of hydrazone groups is 1. The Kier molecular flexibility index (Phi) is 7.22. The number of amides is 1. The van der Waals surface area contributed by atoms with E-state index in [9.17, 15) is 14.4 Å². The predicted octanol–water partition coefficient (Wildman–Crippen LogP) is 3.17. The molecule has 0 fully saturated rings. The van der Waals surface area contributed by atoms with E-state index >= 15 is 0 Å². The third-order valence-electron chi connectivity index (χ3n) is 4.25. The van der Waals surface area contributed by atoms with Crippen molar-refractivity contribution in [1.29, 1.82) is 0 Å². The molecule has 1 heterocycles. The van der Waals surface area contributed by atoms with E-state index in [1.54, 1.807) is 48.5 Å². The highest BCUT2D eigenvalue weighted by Crippen LogP contribution is 2.19. The van der Waals surface area contributed by atoms with Crippen molar-refractivity contribution in [3.05, 3.63) is 84.9 Å². The van der Waals surface area contributed by atoms with Crippen molar-refractivity contribution in [1.82, 2.24) is 9.99 Å². The first-order valence-corrected chi connectivity index (χ1v) is 10.2. The minimum atomic E-state index is -0.467. The van der Waals surface area contributed by atoms with Gasteiger partial charge in [-0.15, -0.1) is 0 Å². The number of esters is 1. The Bertz CT molecular complexity index is 1180. The van der Waals surface area contributed by atoms with Crippen LogP contribution in [0.15, 0.2) is 58.4 Å². The highest BCUT2D eigenvalue weighted by atomic mass is 35.5. The molecule has 2 aromatic carbocycles. The summed E-state index contributed by atoms with van der Waals surface area (Å²) in [7, 11) is 2.84. The summed E-state index contributed by atoms with van der Waals surface area (Å²) in [6.45, 7) is 0.172. The highest BCUT2D eigenvalue weighted by Gasteiger charge is 2.13. The number of carbonyl (C=O) groups is 2. The number of nitrogens with one attached hydrogen (secondary N) is 1. The van der Waals surface area contributed by atoms with Gasteiger partial charge in [0.2, 0.25) is 0 Å². The molecule has 0 bridgehead atoms. The molecule has 1 aromatic heterocycles. The van der Waals surface area contributed by atoms with Crippen LogP contribution in [-0.4, -0.2) is 36.9 Å². The first kappa shape index (κ1) is 22.3. The van der Waals surface area contributed by atoms with Gasteiger partial charge in [0.1, 0.15) is 10.9 Å². The fourth-order valence-electron chi connectivity index (χ4n) is 2.67. The van der Waals surface area contributed by atoms with Crippen LogP contribution in [0.4, 0.5) is 0 Å². The maximum Gasteiger partial charge on any atom is 0.337 e. The molecule has 8 nitrogen and oxygen atoms in total. The van der Waals surface area contributed by atoms with Gasteiger partial charge in [-0.25, -0.2) is 10.2 Å². The van der Waals surface area contributed by atoms with E-state index < -0.39 is 11.9 Å². The number of halogens is 1. The van der Waals surface area contributed by atoms with E-state index in [1.165, 1.54) is 25.0 Å². The Hall–Kier alpha value is -3.43. The van der Waals surface area contributed by atoms with E-state index in [1.807, 2.05) is 0 Å². The second-order valence-corrected chi connectivity index (χ2v) is 7.58. The average Bonchev–Trinajstić information content (AvgIpc) is 3.06. The maximum atomic E-state index is 12.4. The number of thiazole rings is 1. The predicted molar refractivity (Wildman–Crippen MR) is 119 cm³/mol. The Labute approximate surface area is 186 Å². The van der Waals surface area contributed by atoms with Crippen LogP contribution in [0.5, 0.6) is 5.75 Å². The van der Waals surface area contributed by atoms with Crippen LogP contribution in [-0.2, 0) is 11.3 Å². The lowest BCUT2D eigenvalue weighted by Gasteiger charge is -2.06. The Morgan fingerprint density at radius 2 is 1.90 bits per heavy atom. The lowest BCUT2D eigenvalue weighted by molar-refractivity contribution is 0.0600. The molecule has 3 rings (SSSR count). The maximum absolute atomic E-state index is 12.4. The number of nitrogens with zero attached hydrogens (tertiary/aromatic N) is 2. The average molecular weight is 460 g/mol. The van der Waals surface area contributed by atoms with Crippen LogP contribution in [0, 0.1) is 0 Å². The largest absolute Gasteiger partial charge is 0.497 e. The molecule has 160 valence electrons. The van der Waals surface area contributed by atoms with Crippen molar-refractivity contribution in [3.63, 3.8) is 0 Å². The number of hydrogen-bond donors (Lipinski definition) is 1. The molecular weight excluding hydrogens is 442 g/mol. The fraction of sp³-hybridized carbons (Fsp3) is 0.143. The topological polar surface area (TPSA) is 99.0 Å². The van der Waals surface area contributed by atoms with Crippen molar-refractivity contribution < 1.29 is 19.1 Å². The van der Waals surface area contributed by atoms with Gasteiger partial charge in [0.05, 0.1) is 37.4 Å². The lowest BCUT2D eigenvalue weighted by atomic mass is 10.1. The zero-order valence-corrected chi connectivity index (χ0v) is 18.2. The molecule has 0 aliphatic rings. The molecule has 0 atom stereocenters. The number of benzene rings is 2. The van der Waals surface area contributed by atoms with Gasteiger partial charge < -0.3 is 9.47 Å². The van der Waals surface area contributed by atoms with Crippen LogP contribution < -0.4 is 15.0 Å². The quantitative estimate of drug-likeness (QED) is 0.332. The molecule has 1 N–H and O–H groups in total. The summed E-state index contributed by atoms with van der Waals surface area (Å²) in [5.74, 6) is -0.248. The van der Waals surface area contributed by atoms with Crippen LogP contribution in [0.1, 0.15) is 31.2 Å². The van der Waals surface area contributed by atoms with Gasteiger partial charge in [-0.1, -0.05) is 35.1 Å². The summed E-state index contributed by atoms with van der Waals surface area (Å²) >= 11 is 7.23. The normalized spacial score (nSPS) is 10.8. The van der Waals surface area contributed by atoms with Gasteiger partial charge in [-0.3, -0.25) is 14.2 Å². The van der Waals surface area contributed by atoms with Crippen molar-refractivity contribution in [2.45, 2.75) is 6.54 Å². The molecule has 1 amide bonds. The van der Waals surface area contributed by atoms with Crippen molar-refractivity contribution >= 4 is 41.0 Å². The molecule has 0 spiro atoms. The molecule has 0 aliphatic heterocycles. The number of aromatic nitrogens is 1. The molecule has 3 aromatic rings. The van der Waals surface area contributed by atoms with Gasteiger partial charge in [0.25, 0.3) is 5.91 Å². The lowest BCUT2D eigenvalue weighted by Crippen LogP contribution is -2.17. The number of ether oxygens (including phenoxy) is 2. The Balaban J connectivity index is 1.71. The summed E-state index contributed by atoms with van der Waals surface area (Å²) in [5, 5.41) is 4.07. The van der Waals surface area contributed by atoms with E-state index in [-0.39, 0.29) is 16.6 Å². The molecule has 31 heavy (non-hydrogen) atoms. The summed E-state index contributed by atoms with van der Waals surface area (Å²) in [5.41, 5.74) is 3.88. The first-order chi connectivity index (χ1) is 14.9. The summed E-state index contributed by atoms with van der Waals surface area (Å²) < 4.78 is 11.1. The van der Waals surface area contributed by atoms with E-state index in [2.05, 4.69) is 10.5 Å². The molecular formula is C21H18ClN3O5S. The van der Waals surface area contributed by atoms with Gasteiger partial charge in [0.15, 0.2) is 0 Å². The van der Waals surface area contributed by atoms with Gasteiger partial charge in [-0.2, -0.15) is 5.10 Å². The van der Waals surface area contributed by atoms with E-state index in [4.69, 9.17) is 21.1 Å². The second-order valence-electron chi connectivity index (χ2n) is 6.23. The molecule has 0 saturated carbocycles. The summed E-state index contributed by atoms with van der Waals surface area (Å²) in [4.78, 5) is 36.3. The number of carbonyl (C=O) groups excluding carboxylic acids is 2. The van der Waals surface area contributed by atoms with Crippen molar-refractivity contribution in [2.75, 3.05) is 14.2 Å². The third kappa shape index (κ3) is 5.39. The minimum Gasteiger partial charge on any atom is -0.497 e. The van der Waals surface area contributed by atoms with E-state index in [0.717, 1.165) is 11.3 Å². The monoisotopic (exact) mass is 459 g/mol. The third-order valence-corrected chi connectivity index (χ3v) is 5.68. The fourth-order valence-corrected chi connectivity index (χ4v) is 3.78. The van der Waals surface area contributed by atoms with Gasteiger partial charge in [0, 0.05) is 5.56 Å². The van der Waals surface area contributed by atoms with Crippen LogP contribution >= 0.6 is 22.9 Å². The number of hydrogen-bond acceptors (Lipinski definition) is 7.